The van der Waals surface area contributed by atoms with Crippen LogP contribution in [0.25, 0.3) is 0 Å². The third-order valence-electron chi connectivity index (χ3n) is 2.27. The number of carboxylic acid groups (broad SMARTS) is 1. The van der Waals surface area contributed by atoms with Crippen molar-refractivity contribution < 1.29 is 28.9 Å². The highest BCUT2D eigenvalue weighted by Gasteiger charge is 2.25. The molecule has 0 radical (unpaired) electrons. The Hall–Kier alpha value is -2.04. The maximum absolute atomic E-state index is 13.4. The van der Waals surface area contributed by atoms with Crippen molar-refractivity contribution >= 4 is 5.97 Å². The van der Waals surface area contributed by atoms with Crippen LogP contribution in [0.15, 0.2) is 12.1 Å². The summed E-state index contributed by atoms with van der Waals surface area (Å²) in [6.07, 6.45) is -4.48. The summed E-state index contributed by atoms with van der Waals surface area (Å²) in [5, 5.41) is 35.7. The van der Waals surface area contributed by atoms with E-state index in [4.69, 9.17) is 10.4 Å². The SMILES string of the molecule is N#Cc1cc(F)c(C(O)C(O)CC(=O)O)cc1F. The van der Waals surface area contributed by atoms with E-state index in [1.54, 1.807) is 0 Å². The number of nitrogens with zero attached hydrogens (tertiary/aromatic N) is 1. The van der Waals surface area contributed by atoms with Crippen LogP contribution >= 0.6 is 0 Å². The van der Waals surface area contributed by atoms with E-state index in [1.807, 2.05) is 0 Å². The van der Waals surface area contributed by atoms with E-state index in [9.17, 15) is 23.8 Å². The van der Waals surface area contributed by atoms with E-state index < -0.39 is 47.4 Å². The molecule has 5 nitrogen and oxygen atoms in total. The lowest BCUT2D eigenvalue weighted by molar-refractivity contribution is -0.141. The van der Waals surface area contributed by atoms with Crippen LogP contribution in [0.1, 0.15) is 23.7 Å². The Morgan fingerprint density at radius 2 is 1.94 bits per heavy atom. The molecule has 7 heteroatoms. The molecular weight excluding hydrogens is 248 g/mol. The van der Waals surface area contributed by atoms with Crippen molar-refractivity contribution in [2.75, 3.05) is 0 Å². The molecule has 0 aliphatic heterocycles. The minimum absolute atomic E-state index is 0.545. The molecule has 2 atom stereocenters. The van der Waals surface area contributed by atoms with Crippen LogP contribution in [0.3, 0.4) is 0 Å². The summed E-state index contributed by atoms with van der Waals surface area (Å²) in [6, 6.07) is 2.54. The quantitative estimate of drug-likeness (QED) is 0.737. The predicted molar refractivity (Wildman–Crippen MR) is 54.3 cm³/mol. The van der Waals surface area contributed by atoms with Gasteiger partial charge in [0.25, 0.3) is 0 Å². The Bertz CT molecular complexity index is 513. The second-order valence-electron chi connectivity index (χ2n) is 3.58. The van der Waals surface area contributed by atoms with Gasteiger partial charge in [0.15, 0.2) is 0 Å². The maximum atomic E-state index is 13.4. The monoisotopic (exact) mass is 257 g/mol. The van der Waals surface area contributed by atoms with Crippen LogP contribution in [0, 0.1) is 23.0 Å². The fourth-order valence-electron chi connectivity index (χ4n) is 1.37. The van der Waals surface area contributed by atoms with Crippen LogP contribution in [0.2, 0.25) is 0 Å². The summed E-state index contributed by atoms with van der Waals surface area (Å²) in [6.45, 7) is 0. The van der Waals surface area contributed by atoms with Gasteiger partial charge in [0.1, 0.15) is 23.8 Å². The summed E-state index contributed by atoms with van der Waals surface area (Å²) in [5.74, 6) is -3.54. The Morgan fingerprint density at radius 1 is 1.33 bits per heavy atom. The van der Waals surface area contributed by atoms with Gasteiger partial charge in [-0.3, -0.25) is 4.79 Å². The first kappa shape index (κ1) is 14.0. The fourth-order valence-corrected chi connectivity index (χ4v) is 1.37. The topological polar surface area (TPSA) is 102 Å². The number of carbonyl (C=O) groups is 1. The first-order chi connectivity index (χ1) is 8.36. The Kier molecular flexibility index (Phi) is 4.31. The third kappa shape index (κ3) is 3.00. The van der Waals surface area contributed by atoms with Crippen LogP contribution in [-0.2, 0) is 4.79 Å². The number of aliphatic carboxylic acids is 1. The van der Waals surface area contributed by atoms with Gasteiger partial charge in [0.05, 0.1) is 18.1 Å². The number of aliphatic hydroxyl groups excluding tert-OH is 2. The first-order valence-electron chi connectivity index (χ1n) is 4.83. The molecule has 0 amide bonds. The molecule has 0 spiro atoms. The number of carboxylic acids is 1. The molecule has 0 heterocycles. The molecule has 3 N–H and O–H groups in total. The van der Waals surface area contributed by atoms with Crippen LogP contribution in [0.5, 0.6) is 0 Å². The van der Waals surface area contributed by atoms with Crippen molar-refractivity contribution in [3.63, 3.8) is 0 Å². The second-order valence-corrected chi connectivity index (χ2v) is 3.58. The number of aliphatic hydroxyl groups is 2. The number of rotatable bonds is 4. The molecule has 18 heavy (non-hydrogen) atoms. The van der Waals surface area contributed by atoms with E-state index >= 15 is 0 Å². The normalized spacial score (nSPS) is 13.7. The lowest BCUT2D eigenvalue weighted by Gasteiger charge is -2.17. The van der Waals surface area contributed by atoms with E-state index in [0.29, 0.717) is 12.1 Å². The molecule has 1 aromatic rings. The number of hydrogen-bond acceptors (Lipinski definition) is 4. The molecule has 0 aliphatic carbocycles. The number of nitriles is 1. The summed E-state index contributed by atoms with van der Waals surface area (Å²) in [5.41, 5.74) is -1.14. The number of benzene rings is 1. The molecule has 2 unspecified atom stereocenters. The Balaban J connectivity index is 3.07. The molecule has 1 rings (SSSR count). The molecule has 96 valence electrons. The Morgan fingerprint density at radius 3 is 2.44 bits per heavy atom. The van der Waals surface area contributed by atoms with Gasteiger partial charge in [-0.1, -0.05) is 0 Å². The molecule has 1 aromatic carbocycles. The van der Waals surface area contributed by atoms with Gasteiger partial charge in [-0.15, -0.1) is 0 Å². The van der Waals surface area contributed by atoms with Crippen LogP contribution in [-0.4, -0.2) is 27.4 Å². The largest absolute Gasteiger partial charge is 0.481 e. The summed E-state index contributed by atoms with van der Waals surface area (Å²) < 4.78 is 26.6. The van der Waals surface area contributed by atoms with Gasteiger partial charge in [-0.25, -0.2) is 8.78 Å². The minimum Gasteiger partial charge on any atom is -0.481 e. The predicted octanol–water partition coefficient (Wildman–Crippen LogP) is 0.705. The number of hydrogen-bond donors (Lipinski definition) is 3. The van der Waals surface area contributed by atoms with Crippen molar-refractivity contribution in [1.29, 1.82) is 5.26 Å². The first-order valence-corrected chi connectivity index (χ1v) is 4.83. The zero-order valence-electron chi connectivity index (χ0n) is 8.97. The van der Waals surface area contributed by atoms with Gasteiger partial charge >= 0.3 is 5.97 Å². The highest BCUT2D eigenvalue weighted by atomic mass is 19.1. The molecule has 0 aliphatic rings. The summed E-state index contributed by atoms with van der Waals surface area (Å²) in [7, 11) is 0. The van der Waals surface area contributed by atoms with Crippen molar-refractivity contribution in [2.45, 2.75) is 18.6 Å². The molecule has 0 fully saturated rings. The minimum atomic E-state index is -1.89. The van der Waals surface area contributed by atoms with Gasteiger partial charge < -0.3 is 15.3 Å². The van der Waals surface area contributed by atoms with Crippen molar-refractivity contribution in [1.82, 2.24) is 0 Å². The van der Waals surface area contributed by atoms with Gasteiger partial charge in [0.2, 0.25) is 0 Å². The molecule has 0 saturated heterocycles. The zero-order valence-corrected chi connectivity index (χ0v) is 8.97. The summed E-state index contributed by atoms with van der Waals surface area (Å²) in [4.78, 5) is 10.3. The lowest BCUT2D eigenvalue weighted by Crippen LogP contribution is -2.22. The lowest BCUT2D eigenvalue weighted by atomic mass is 10.00. The van der Waals surface area contributed by atoms with Crippen LogP contribution in [0.4, 0.5) is 8.78 Å². The Labute approximate surface area is 101 Å². The second kappa shape index (κ2) is 5.53. The molecule has 0 saturated carbocycles. The number of halogens is 2. The van der Waals surface area contributed by atoms with E-state index in [-0.39, 0.29) is 0 Å². The zero-order chi connectivity index (χ0) is 13.9. The smallest absolute Gasteiger partial charge is 0.306 e. The third-order valence-corrected chi connectivity index (χ3v) is 2.27. The molecule has 0 aromatic heterocycles. The van der Waals surface area contributed by atoms with E-state index in [0.717, 1.165) is 0 Å². The maximum Gasteiger partial charge on any atom is 0.306 e. The van der Waals surface area contributed by atoms with Gasteiger partial charge in [-0.2, -0.15) is 5.26 Å². The van der Waals surface area contributed by atoms with Crippen molar-refractivity contribution in [3.05, 3.63) is 34.9 Å². The highest BCUT2D eigenvalue weighted by molar-refractivity contribution is 5.67. The summed E-state index contributed by atoms with van der Waals surface area (Å²) >= 11 is 0. The van der Waals surface area contributed by atoms with Crippen molar-refractivity contribution in [3.8, 4) is 6.07 Å². The average Bonchev–Trinajstić information content (AvgIpc) is 2.29. The van der Waals surface area contributed by atoms with Crippen LogP contribution < -0.4 is 0 Å². The average molecular weight is 257 g/mol. The highest BCUT2D eigenvalue weighted by Crippen LogP contribution is 2.24. The van der Waals surface area contributed by atoms with E-state index in [2.05, 4.69) is 0 Å². The fraction of sp³-hybridized carbons (Fsp3) is 0.273. The molecule has 0 bridgehead atoms. The molecular formula is C11H9F2NO4. The van der Waals surface area contributed by atoms with E-state index in [1.165, 1.54) is 6.07 Å². The van der Waals surface area contributed by atoms with Crippen molar-refractivity contribution in [2.24, 2.45) is 0 Å². The van der Waals surface area contributed by atoms with Gasteiger partial charge in [0, 0.05) is 5.56 Å². The standard InChI is InChI=1S/C11H9F2NO4/c12-7-2-6(8(13)1-5(7)4-14)11(18)9(15)3-10(16)17/h1-2,9,11,15,18H,3H2,(H,16,17). The van der Waals surface area contributed by atoms with Gasteiger partial charge in [-0.05, 0) is 12.1 Å².